The lowest BCUT2D eigenvalue weighted by Crippen LogP contribution is -2.00. The van der Waals surface area contributed by atoms with Crippen molar-refractivity contribution in [3.05, 3.63) is 145 Å². The largest absolute Gasteiger partial charge is 0.456 e. The van der Waals surface area contributed by atoms with Gasteiger partial charge in [-0.1, -0.05) is 109 Å². The van der Waals surface area contributed by atoms with Gasteiger partial charge in [-0.3, -0.25) is 0 Å². The quantitative estimate of drug-likeness (QED) is 0.190. The summed E-state index contributed by atoms with van der Waals surface area (Å²) in [6, 6.07) is 47.0. The van der Waals surface area contributed by atoms with Crippen LogP contribution < -0.4 is 0 Å². The van der Waals surface area contributed by atoms with Crippen molar-refractivity contribution >= 4 is 60.5 Å². The Bertz CT molecular complexity index is 2880. The standard InChI is InChI=1S/C46H29NO/c1-2-10-30-29(9-1)34-13-7-14-35-32(17-18-36(30)44(34)35)31-19-21-39(33-11-4-3-8-28(31)33)47-40-20-16-26-24-27(26)25-38(40)45-41(47)22-23-43-46(45)37-12-5-6-15-42(37)48-43/h1-23,26-27H,24-25H2. The highest BCUT2D eigenvalue weighted by atomic mass is 16.3. The van der Waals surface area contributed by atoms with E-state index in [1.165, 1.54) is 100.0 Å². The molecular weight excluding hydrogens is 583 g/mol. The Morgan fingerprint density at radius 1 is 0.500 bits per heavy atom. The van der Waals surface area contributed by atoms with Gasteiger partial charge in [-0.25, -0.2) is 0 Å². The highest BCUT2D eigenvalue weighted by Gasteiger charge is 2.39. The minimum Gasteiger partial charge on any atom is -0.456 e. The Labute approximate surface area is 277 Å². The summed E-state index contributed by atoms with van der Waals surface area (Å²) in [5.74, 6) is 1.42. The maximum Gasteiger partial charge on any atom is 0.136 e. The maximum atomic E-state index is 6.42. The van der Waals surface area contributed by atoms with Crippen molar-refractivity contribution in [2.75, 3.05) is 0 Å². The van der Waals surface area contributed by atoms with Crippen LogP contribution in [-0.2, 0) is 6.42 Å². The first-order valence-corrected chi connectivity index (χ1v) is 17.2. The van der Waals surface area contributed by atoms with Gasteiger partial charge in [0.05, 0.1) is 11.2 Å². The zero-order valence-corrected chi connectivity index (χ0v) is 26.2. The van der Waals surface area contributed by atoms with Gasteiger partial charge in [-0.2, -0.15) is 0 Å². The van der Waals surface area contributed by atoms with Crippen LogP contribution >= 0.6 is 0 Å². The fourth-order valence-corrected chi connectivity index (χ4v) is 9.31. The molecule has 0 bridgehead atoms. The number of nitrogens with zero attached hydrogens (tertiary/aromatic N) is 1. The average molecular weight is 612 g/mol. The first-order chi connectivity index (χ1) is 23.8. The molecule has 0 saturated heterocycles. The molecule has 2 heteroatoms. The summed E-state index contributed by atoms with van der Waals surface area (Å²) in [7, 11) is 0. The van der Waals surface area contributed by atoms with E-state index in [1.54, 1.807) is 0 Å². The van der Waals surface area contributed by atoms with E-state index in [0.29, 0.717) is 5.92 Å². The third kappa shape index (κ3) is 3.18. The minimum absolute atomic E-state index is 0.690. The molecule has 0 radical (unpaired) electrons. The van der Waals surface area contributed by atoms with Crippen LogP contribution in [-0.4, -0.2) is 4.57 Å². The highest BCUT2D eigenvalue weighted by molar-refractivity contribution is 6.22. The number of para-hydroxylation sites is 1. The molecule has 2 atom stereocenters. The van der Waals surface area contributed by atoms with Crippen molar-refractivity contribution in [2.45, 2.75) is 12.8 Å². The van der Waals surface area contributed by atoms with Gasteiger partial charge >= 0.3 is 0 Å². The maximum absolute atomic E-state index is 6.42. The molecule has 0 N–H and O–H groups in total. The lowest BCUT2D eigenvalue weighted by Gasteiger charge is -2.17. The molecule has 2 heterocycles. The number of fused-ring (bicyclic) bond motifs is 12. The molecule has 0 spiro atoms. The van der Waals surface area contributed by atoms with Crippen molar-refractivity contribution in [3.8, 4) is 39.1 Å². The smallest absolute Gasteiger partial charge is 0.136 e. The summed E-state index contributed by atoms with van der Waals surface area (Å²) >= 11 is 0. The number of hydrogen-bond donors (Lipinski definition) is 0. The number of allylic oxidation sites excluding steroid dienone is 1. The Morgan fingerprint density at radius 3 is 2.08 bits per heavy atom. The van der Waals surface area contributed by atoms with Crippen molar-refractivity contribution in [3.63, 3.8) is 0 Å². The monoisotopic (exact) mass is 611 g/mol. The molecule has 1 fully saturated rings. The fourth-order valence-electron chi connectivity index (χ4n) is 9.31. The molecule has 2 nitrogen and oxygen atoms in total. The normalized spacial score (nSPS) is 17.3. The van der Waals surface area contributed by atoms with Crippen LogP contribution in [0.5, 0.6) is 0 Å². The predicted molar refractivity (Wildman–Crippen MR) is 200 cm³/mol. The van der Waals surface area contributed by atoms with Gasteiger partial charge in [-0.15, -0.1) is 0 Å². The van der Waals surface area contributed by atoms with Gasteiger partial charge in [0.2, 0.25) is 0 Å². The van der Waals surface area contributed by atoms with E-state index >= 15 is 0 Å². The van der Waals surface area contributed by atoms with Crippen LogP contribution in [0, 0.1) is 11.8 Å². The molecule has 224 valence electrons. The van der Waals surface area contributed by atoms with Gasteiger partial charge in [0.25, 0.3) is 0 Å². The van der Waals surface area contributed by atoms with Crippen molar-refractivity contribution < 1.29 is 4.42 Å². The zero-order valence-electron chi connectivity index (χ0n) is 26.2. The number of benzene rings is 7. The number of rotatable bonds is 2. The Kier molecular flexibility index (Phi) is 4.70. The molecule has 12 rings (SSSR count). The van der Waals surface area contributed by atoms with Gasteiger partial charge in [0.1, 0.15) is 11.2 Å². The van der Waals surface area contributed by atoms with Gasteiger partial charge < -0.3 is 8.98 Å². The van der Waals surface area contributed by atoms with Gasteiger partial charge in [-0.05, 0) is 110 Å². The third-order valence-corrected chi connectivity index (χ3v) is 11.5. The number of furan rings is 1. The van der Waals surface area contributed by atoms with Crippen molar-refractivity contribution in [2.24, 2.45) is 11.8 Å². The number of aromatic nitrogens is 1. The zero-order chi connectivity index (χ0) is 31.1. The molecule has 9 aromatic rings. The molecule has 3 aliphatic carbocycles. The first kappa shape index (κ1) is 25.3. The molecule has 1 saturated carbocycles. The molecule has 0 amide bonds. The van der Waals surface area contributed by atoms with Gasteiger partial charge in [0, 0.05) is 27.2 Å². The van der Waals surface area contributed by atoms with Crippen molar-refractivity contribution in [1.82, 2.24) is 4.57 Å². The van der Waals surface area contributed by atoms with E-state index in [9.17, 15) is 0 Å². The predicted octanol–water partition coefficient (Wildman–Crippen LogP) is 12.4. The van der Waals surface area contributed by atoms with Gasteiger partial charge in [0.15, 0.2) is 0 Å². The fraction of sp³-hybridized carbons (Fsp3) is 0.0870. The average Bonchev–Trinajstić information content (AvgIpc) is 3.57. The summed E-state index contributed by atoms with van der Waals surface area (Å²) < 4.78 is 8.96. The second-order valence-corrected chi connectivity index (χ2v) is 14.0. The van der Waals surface area contributed by atoms with Crippen LogP contribution in [0.25, 0.3) is 99.5 Å². The van der Waals surface area contributed by atoms with Crippen molar-refractivity contribution in [1.29, 1.82) is 0 Å². The van der Waals surface area contributed by atoms with Crippen LogP contribution in [0.3, 0.4) is 0 Å². The van der Waals surface area contributed by atoms with E-state index in [-0.39, 0.29) is 0 Å². The topological polar surface area (TPSA) is 18.1 Å². The Balaban J connectivity index is 1.15. The summed E-state index contributed by atoms with van der Waals surface area (Å²) in [5.41, 5.74) is 15.1. The summed E-state index contributed by atoms with van der Waals surface area (Å²) in [6.07, 6.45) is 7.29. The van der Waals surface area contributed by atoms with Crippen LogP contribution in [0.1, 0.15) is 17.7 Å². The molecule has 48 heavy (non-hydrogen) atoms. The summed E-state index contributed by atoms with van der Waals surface area (Å²) in [4.78, 5) is 0. The summed E-state index contributed by atoms with van der Waals surface area (Å²) in [6.45, 7) is 0. The van der Waals surface area contributed by atoms with E-state index in [1.807, 2.05) is 0 Å². The van der Waals surface area contributed by atoms with E-state index in [2.05, 4.69) is 144 Å². The number of hydrogen-bond acceptors (Lipinski definition) is 1. The summed E-state index contributed by atoms with van der Waals surface area (Å²) in [5, 5.41) is 9.03. The SMILES string of the molecule is C1=CC2CC2Cc2c1n(-c1ccc(-c3ccc4c5c(cccc35)-c3ccccc3-4)c3ccccc13)c1ccc3oc4ccccc4c3c21. The highest BCUT2D eigenvalue weighted by Crippen LogP contribution is 2.52. The Hall–Kier alpha value is -5.86. The van der Waals surface area contributed by atoms with Crippen LogP contribution in [0.2, 0.25) is 0 Å². The van der Waals surface area contributed by atoms with Crippen LogP contribution in [0.4, 0.5) is 0 Å². The van der Waals surface area contributed by atoms with E-state index < -0.39 is 0 Å². The second kappa shape index (κ2) is 8.93. The molecular formula is C46H29NO. The second-order valence-electron chi connectivity index (χ2n) is 14.0. The molecule has 2 unspecified atom stereocenters. The Morgan fingerprint density at radius 2 is 1.19 bits per heavy atom. The van der Waals surface area contributed by atoms with E-state index in [4.69, 9.17) is 4.42 Å². The minimum atomic E-state index is 0.690. The molecule has 7 aromatic carbocycles. The third-order valence-electron chi connectivity index (χ3n) is 11.5. The van der Waals surface area contributed by atoms with Crippen LogP contribution in [0.15, 0.2) is 138 Å². The molecule has 3 aliphatic rings. The molecule has 0 aliphatic heterocycles. The lowest BCUT2D eigenvalue weighted by molar-refractivity contribution is 0.669. The first-order valence-electron chi connectivity index (χ1n) is 17.2. The lowest BCUT2D eigenvalue weighted by atomic mass is 9.91. The molecule has 2 aromatic heterocycles. The van der Waals surface area contributed by atoms with E-state index in [0.717, 1.165) is 23.5 Å².